The molecule has 2 aromatic rings. The molecule has 1 aromatic carbocycles. The SMILES string of the molecule is CC(C(=O)NC(C)C(C)C(=O)O)c1cc2ccccc2o1. The van der Waals surface area contributed by atoms with E-state index in [9.17, 15) is 9.59 Å². The fourth-order valence-corrected chi connectivity index (χ4v) is 2.03. The molecule has 0 aliphatic rings. The highest BCUT2D eigenvalue weighted by atomic mass is 16.4. The topological polar surface area (TPSA) is 79.5 Å². The zero-order valence-electron chi connectivity index (χ0n) is 12.3. The minimum atomic E-state index is -0.931. The van der Waals surface area contributed by atoms with Gasteiger partial charge in [-0.25, -0.2) is 0 Å². The zero-order valence-corrected chi connectivity index (χ0v) is 12.3. The molecule has 3 atom stereocenters. The second kappa shape index (κ2) is 5.99. The Morgan fingerprint density at radius 3 is 2.48 bits per heavy atom. The van der Waals surface area contributed by atoms with Gasteiger partial charge in [-0.15, -0.1) is 0 Å². The van der Waals surface area contributed by atoms with E-state index >= 15 is 0 Å². The number of nitrogens with one attached hydrogen (secondary N) is 1. The summed E-state index contributed by atoms with van der Waals surface area (Å²) in [5.74, 6) is -1.71. The maximum atomic E-state index is 12.2. The fraction of sp³-hybridized carbons (Fsp3) is 0.375. The lowest BCUT2D eigenvalue weighted by atomic mass is 10.0. The van der Waals surface area contributed by atoms with Crippen LogP contribution in [0.5, 0.6) is 0 Å². The number of rotatable bonds is 5. The molecule has 0 saturated heterocycles. The standard InChI is InChI=1S/C16H19NO4/c1-9(16(19)20)11(3)17-15(18)10(2)14-8-12-6-4-5-7-13(12)21-14/h4-11H,1-3H3,(H,17,18)(H,19,20). The molecule has 0 spiro atoms. The van der Waals surface area contributed by atoms with Crippen LogP contribution in [0.2, 0.25) is 0 Å². The molecule has 0 saturated carbocycles. The van der Waals surface area contributed by atoms with Gasteiger partial charge in [-0.2, -0.15) is 0 Å². The predicted octanol–water partition coefficient (Wildman–Crippen LogP) is 2.76. The highest BCUT2D eigenvalue weighted by Gasteiger charge is 2.25. The summed E-state index contributed by atoms with van der Waals surface area (Å²) in [5.41, 5.74) is 0.735. The van der Waals surface area contributed by atoms with Gasteiger partial charge in [0.25, 0.3) is 0 Å². The quantitative estimate of drug-likeness (QED) is 0.887. The van der Waals surface area contributed by atoms with Gasteiger partial charge in [0.2, 0.25) is 5.91 Å². The summed E-state index contributed by atoms with van der Waals surface area (Å²) in [6.07, 6.45) is 0. The van der Waals surface area contributed by atoms with Crippen LogP contribution in [0.1, 0.15) is 32.4 Å². The molecule has 1 heterocycles. The number of hydrogen-bond acceptors (Lipinski definition) is 3. The Morgan fingerprint density at radius 2 is 1.86 bits per heavy atom. The van der Waals surface area contributed by atoms with Crippen molar-refractivity contribution in [2.45, 2.75) is 32.7 Å². The number of carbonyl (C=O) groups is 2. The first-order valence-electron chi connectivity index (χ1n) is 6.91. The summed E-state index contributed by atoms with van der Waals surface area (Å²) in [6, 6.07) is 8.94. The number of fused-ring (bicyclic) bond motifs is 1. The van der Waals surface area contributed by atoms with Gasteiger partial charge < -0.3 is 14.8 Å². The summed E-state index contributed by atoms with van der Waals surface area (Å²) in [4.78, 5) is 23.1. The first-order chi connectivity index (χ1) is 9.90. The van der Waals surface area contributed by atoms with E-state index in [1.165, 1.54) is 0 Å². The minimum Gasteiger partial charge on any atom is -0.481 e. The van der Waals surface area contributed by atoms with Gasteiger partial charge in [-0.1, -0.05) is 18.2 Å². The number of hydrogen-bond donors (Lipinski definition) is 2. The number of carboxylic acids is 1. The van der Waals surface area contributed by atoms with Crippen molar-refractivity contribution in [1.82, 2.24) is 5.32 Å². The first-order valence-corrected chi connectivity index (χ1v) is 6.91. The van der Waals surface area contributed by atoms with Crippen LogP contribution in [-0.2, 0) is 9.59 Å². The van der Waals surface area contributed by atoms with Crippen LogP contribution in [0.4, 0.5) is 0 Å². The fourth-order valence-electron chi connectivity index (χ4n) is 2.03. The van der Waals surface area contributed by atoms with Gasteiger partial charge in [0.15, 0.2) is 0 Å². The van der Waals surface area contributed by atoms with Crippen molar-refractivity contribution < 1.29 is 19.1 Å². The van der Waals surface area contributed by atoms with Crippen LogP contribution in [0, 0.1) is 5.92 Å². The Labute approximate surface area is 122 Å². The molecule has 1 aromatic heterocycles. The van der Waals surface area contributed by atoms with Gasteiger partial charge in [0, 0.05) is 11.4 Å². The van der Waals surface area contributed by atoms with E-state index in [1.54, 1.807) is 20.8 Å². The molecule has 1 amide bonds. The summed E-state index contributed by atoms with van der Waals surface area (Å²) in [6.45, 7) is 4.99. The first kappa shape index (κ1) is 15.1. The molecule has 0 bridgehead atoms. The van der Waals surface area contributed by atoms with Crippen molar-refractivity contribution in [3.8, 4) is 0 Å². The van der Waals surface area contributed by atoms with Gasteiger partial charge >= 0.3 is 5.97 Å². The van der Waals surface area contributed by atoms with E-state index < -0.39 is 23.8 Å². The van der Waals surface area contributed by atoms with E-state index in [-0.39, 0.29) is 5.91 Å². The number of furan rings is 1. The number of carbonyl (C=O) groups excluding carboxylic acids is 1. The molecule has 0 fully saturated rings. The molecule has 21 heavy (non-hydrogen) atoms. The lowest BCUT2D eigenvalue weighted by molar-refractivity contribution is -0.142. The van der Waals surface area contributed by atoms with Crippen LogP contribution in [-0.4, -0.2) is 23.0 Å². The number of aliphatic carboxylic acids is 1. The zero-order chi connectivity index (χ0) is 15.6. The molecule has 0 aliphatic carbocycles. The third-order valence-electron chi connectivity index (χ3n) is 3.77. The molecule has 2 N–H and O–H groups in total. The van der Waals surface area contributed by atoms with Crippen molar-refractivity contribution in [2.24, 2.45) is 5.92 Å². The Hall–Kier alpha value is -2.30. The third-order valence-corrected chi connectivity index (χ3v) is 3.77. The van der Waals surface area contributed by atoms with Crippen molar-refractivity contribution in [3.05, 3.63) is 36.1 Å². The Morgan fingerprint density at radius 1 is 1.19 bits per heavy atom. The average molecular weight is 289 g/mol. The Bertz CT molecular complexity index is 628. The number of amides is 1. The lowest BCUT2D eigenvalue weighted by Crippen LogP contribution is -2.41. The monoisotopic (exact) mass is 289 g/mol. The Kier molecular flexibility index (Phi) is 4.31. The predicted molar refractivity (Wildman–Crippen MR) is 79.0 cm³/mol. The maximum absolute atomic E-state index is 12.2. The smallest absolute Gasteiger partial charge is 0.308 e. The van der Waals surface area contributed by atoms with Crippen molar-refractivity contribution in [2.75, 3.05) is 0 Å². The van der Waals surface area contributed by atoms with Gasteiger partial charge in [-0.3, -0.25) is 9.59 Å². The molecule has 0 aliphatic heterocycles. The number of benzene rings is 1. The highest BCUT2D eigenvalue weighted by molar-refractivity contribution is 5.86. The summed E-state index contributed by atoms with van der Waals surface area (Å²) >= 11 is 0. The minimum absolute atomic E-state index is 0.241. The molecule has 0 radical (unpaired) electrons. The highest BCUT2D eigenvalue weighted by Crippen LogP contribution is 2.25. The molecule has 5 nitrogen and oxygen atoms in total. The summed E-state index contributed by atoms with van der Waals surface area (Å²) < 4.78 is 5.66. The van der Waals surface area contributed by atoms with E-state index in [4.69, 9.17) is 9.52 Å². The van der Waals surface area contributed by atoms with Crippen LogP contribution >= 0.6 is 0 Å². The summed E-state index contributed by atoms with van der Waals surface area (Å²) in [7, 11) is 0. The van der Waals surface area contributed by atoms with Crippen molar-refractivity contribution in [1.29, 1.82) is 0 Å². The van der Waals surface area contributed by atoms with Crippen molar-refractivity contribution in [3.63, 3.8) is 0 Å². The van der Waals surface area contributed by atoms with E-state index in [0.717, 1.165) is 11.0 Å². The molecular weight excluding hydrogens is 270 g/mol. The van der Waals surface area contributed by atoms with E-state index in [1.807, 2.05) is 30.3 Å². The van der Waals surface area contributed by atoms with Crippen LogP contribution in [0.3, 0.4) is 0 Å². The number of para-hydroxylation sites is 1. The van der Waals surface area contributed by atoms with Crippen LogP contribution < -0.4 is 5.32 Å². The largest absolute Gasteiger partial charge is 0.481 e. The number of carboxylic acid groups (broad SMARTS) is 1. The second-order valence-corrected chi connectivity index (χ2v) is 5.33. The molecule has 3 unspecified atom stereocenters. The molecule has 112 valence electrons. The lowest BCUT2D eigenvalue weighted by Gasteiger charge is -2.19. The van der Waals surface area contributed by atoms with Gasteiger partial charge in [-0.05, 0) is 32.9 Å². The molecule has 2 rings (SSSR count). The summed E-state index contributed by atoms with van der Waals surface area (Å²) in [5, 5.41) is 12.6. The van der Waals surface area contributed by atoms with Crippen LogP contribution in [0.15, 0.2) is 34.7 Å². The third kappa shape index (κ3) is 3.24. The van der Waals surface area contributed by atoms with E-state index in [0.29, 0.717) is 5.76 Å². The second-order valence-electron chi connectivity index (χ2n) is 5.33. The Balaban J connectivity index is 2.10. The average Bonchev–Trinajstić information content (AvgIpc) is 2.88. The van der Waals surface area contributed by atoms with E-state index in [2.05, 4.69) is 5.32 Å². The normalized spacial score (nSPS) is 15.4. The van der Waals surface area contributed by atoms with Crippen LogP contribution in [0.25, 0.3) is 11.0 Å². The van der Waals surface area contributed by atoms with Crippen molar-refractivity contribution >= 4 is 22.8 Å². The van der Waals surface area contributed by atoms with Gasteiger partial charge in [0.1, 0.15) is 11.3 Å². The van der Waals surface area contributed by atoms with Gasteiger partial charge in [0.05, 0.1) is 11.8 Å². The molecule has 5 heteroatoms. The maximum Gasteiger partial charge on any atom is 0.308 e. The molecular formula is C16H19NO4.